The SMILES string of the molecule is CC1(C)c2ccccc2-c2ccc(-c3nc(-c4ccccc4)nc(-c4ccc5oc6ccc7c(c6c5c4)C4(c5ccccc5-c5ccccc54)c4cc5oc6ccccc6c5cc4-7)n3)cc21. The Labute approximate surface area is 379 Å². The Hall–Kier alpha value is -8.41. The van der Waals surface area contributed by atoms with E-state index in [1.807, 2.05) is 24.3 Å². The van der Waals surface area contributed by atoms with Crippen LogP contribution in [0.5, 0.6) is 0 Å². The van der Waals surface area contributed by atoms with Crippen molar-refractivity contribution in [1.29, 1.82) is 0 Å². The van der Waals surface area contributed by atoms with E-state index >= 15 is 0 Å². The van der Waals surface area contributed by atoms with Gasteiger partial charge < -0.3 is 8.83 Å². The molecular formula is C61H37N3O2. The second-order valence-corrected chi connectivity index (χ2v) is 18.6. The van der Waals surface area contributed by atoms with E-state index in [1.165, 1.54) is 66.8 Å². The minimum atomic E-state index is -0.640. The van der Waals surface area contributed by atoms with Crippen LogP contribution in [0.2, 0.25) is 0 Å². The predicted molar refractivity (Wildman–Crippen MR) is 265 cm³/mol. The van der Waals surface area contributed by atoms with Crippen LogP contribution in [0.3, 0.4) is 0 Å². The maximum atomic E-state index is 6.87. The zero-order chi connectivity index (χ0) is 43.5. The lowest BCUT2D eigenvalue weighted by Crippen LogP contribution is -2.26. The Kier molecular flexibility index (Phi) is 6.90. The van der Waals surface area contributed by atoms with Crippen molar-refractivity contribution in [2.24, 2.45) is 0 Å². The number of furan rings is 2. The molecule has 0 amide bonds. The van der Waals surface area contributed by atoms with Crippen molar-refractivity contribution in [2.75, 3.05) is 0 Å². The smallest absolute Gasteiger partial charge is 0.164 e. The molecule has 5 nitrogen and oxygen atoms in total. The first kappa shape index (κ1) is 36.0. The summed E-state index contributed by atoms with van der Waals surface area (Å²) in [4.78, 5) is 15.7. The molecule has 308 valence electrons. The molecule has 66 heavy (non-hydrogen) atoms. The molecule has 3 aromatic heterocycles. The summed E-state index contributed by atoms with van der Waals surface area (Å²) in [5.74, 6) is 1.87. The van der Waals surface area contributed by atoms with Crippen LogP contribution in [-0.4, -0.2) is 15.0 Å². The molecule has 3 aliphatic carbocycles. The third-order valence-electron chi connectivity index (χ3n) is 14.9. The fourth-order valence-electron chi connectivity index (χ4n) is 12.0. The monoisotopic (exact) mass is 843 g/mol. The molecule has 0 unspecified atom stereocenters. The molecule has 0 atom stereocenters. The molecular weight excluding hydrogens is 807 g/mol. The van der Waals surface area contributed by atoms with Crippen molar-refractivity contribution in [1.82, 2.24) is 15.0 Å². The zero-order valence-electron chi connectivity index (χ0n) is 36.1. The summed E-state index contributed by atoms with van der Waals surface area (Å²) in [6.45, 7) is 4.61. The molecule has 0 radical (unpaired) electrons. The number of nitrogens with zero attached hydrogens (tertiary/aromatic N) is 3. The highest BCUT2D eigenvalue weighted by atomic mass is 16.3. The second-order valence-electron chi connectivity index (χ2n) is 18.6. The lowest BCUT2D eigenvalue weighted by Gasteiger charge is -2.31. The maximum absolute atomic E-state index is 6.87. The molecule has 0 saturated carbocycles. The summed E-state index contributed by atoms with van der Waals surface area (Å²) in [5, 5.41) is 4.33. The number of aromatic nitrogens is 3. The normalized spacial score (nSPS) is 14.5. The molecule has 15 rings (SSSR count). The molecule has 1 spiro atoms. The maximum Gasteiger partial charge on any atom is 0.164 e. The lowest BCUT2D eigenvalue weighted by molar-refractivity contribution is 0.660. The van der Waals surface area contributed by atoms with Crippen LogP contribution in [-0.2, 0) is 10.8 Å². The van der Waals surface area contributed by atoms with Crippen molar-refractivity contribution in [3.8, 4) is 67.5 Å². The minimum Gasteiger partial charge on any atom is -0.456 e. The van der Waals surface area contributed by atoms with E-state index in [0.29, 0.717) is 17.5 Å². The number of fused-ring (bicyclic) bond motifs is 20. The first-order chi connectivity index (χ1) is 32.4. The molecule has 9 aromatic carbocycles. The highest BCUT2D eigenvalue weighted by Gasteiger charge is 2.53. The zero-order valence-corrected chi connectivity index (χ0v) is 36.1. The van der Waals surface area contributed by atoms with Crippen LogP contribution in [0.4, 0.5) is 0 Å². The van der Waals surface area contributed by atoms with Crippen LogP contribution < -0.4 is 0 Å². The standard InChI is InChI=1S/C61H37N3O2/c1-60(2)46-20-10-6-16-37(46)40-26-24-36(31-49(40)60)59-63-57(34-14-4-3-5-15-34)62-58(64-59)35-25-28-52-45(30-35)55-53(65-52)29-27-42-43-32-44-41-19-9-13-23-51(41)66-54(44)33-50(43)61(56(42)55)47-21-11-7-17-38(47)39-18-8-12-22-48(39)61/h3-33H,1-2H3. The average molecular weight is 844 g/mol. The minimum absolute atomic E-state index is 0.164. The van der Waals surface area contributed by atoms with E-state index in [2.05, 4.69) is 178 Å². The van der Waals surface area contributed by atoms with Gasteiger partial charge in [0.05, 0.1) is 5.41 Å². The van der Waals surface area contributed by atoms with Crippen LogP contribution in [0.1, 0.15) is 47.2 Å². The van der Waals surface area contributed by atoms with Crippen LogP contribution in [0, 0.1) is 0 Å². The molecule has 0 N–H and O–H groups in total. The summed E-state index contributed by atoms with van der Waals surface area (Å²) in [7, 11) is 0. The summed E-state index contributed by atoms with van der Waals surface area (Å²) >= 11 is 0. The predicted octanol–water partition coefficient (Wildman–Crippen LogP) is 15.3. The van der Waals surface area contributed by atoms with Gasteiger partial charge in [-0.3, -0.25) is 0 Å². The van der Waals surface area contributed by atoms with Gasteiger partial charge in [0, 0.05) is 43.7 Å². The quantitative estimate of drug-likeness (QED) is 0.177. The summed E-state index contributed by atoms with van der Waals surface area (Å²) in [6, 6.07) is 67.4. The molecule has 3 heterocycles. The first-order valence-electron chi connectivity index (χ1n) is 22.7. The van der Waals surface area contributed by atoms with E-state index in [1.54, 1.807) is 0 Å². The molecule has 12 aromatic rings. The molecule has 0 aliphatic heterocycles. The number of rotatable bonds is 3. The number of para-hydroxylation sites is 1. The van der Waals surface area contributed by atoms with Crippen molar-refractivity contribution in [2.45, 2.75) is 24.7 Å². The van der Waals surface area contributed by atoms with Gasteiger partial charge in [0.1, 0.15) is 22.3 Å². The van der Waals surface area contributed by atoms with Gasteiger partial charge >= 0.3 is 0 Å². The summed E-state index contributed by atoms with van der Waals surface area (Å²) < 4.78 is 13.5. The number of hydrogen-bond acceptors (Lipinski definition) is 5. The fourth-order valence-corrected chi connectivity index (χ4v) is 12.0. The highest BCUT2D eigenvalue weighted by Crippen LogP contribution is 2.65. The summed E-state index contributed by atoms with van der Waals surface area (Å²) in [5.41, 5.74) is 20.4. The van der Waals surface area contributed by atoms with E-state index in [-0.39, 0.29) is 5.41 Å². The lowest BCUT2D eigenvalue weighted by atomic mass is 9.69. The van der Waals surface area contributed by atoms with Crippen molar-refractivity contribution >= 4 is 43.9 Å². The average Bonchev–Trinajstić information content (AvgIpc) is 4.14. The largest absolute Gasteiger partial charge is 0.456 e. The fraction of sp³-hybridized carbons (Fsp3) is 0.0656. The van der Waals surface area contributed by atoms with E-state index in [0.717, 1.165) is 60.6 Å². The van der Waals surface area contributed by atoms with E-state index in [4.69, 9.17) is 23.8 Å². The molecule has 5 heteroatoms. The highest BCUT2D eigenvalue weighted by molar-refractivity contribution is 6.16. The topological polar surface area (TPSA) is 65.0 Å². The van der Waals surface area contributed by atoms with Crippen LogP contribution in [0.15, 0.2) is 197 Å². The molecule has 0 saturated heterocycles. The third-order valence-corrected chi connectivity index (χ3v) is 14.9. The second kappa shape index (κ2) is 12.6. The summed E-state index contributed by atoms with van der Waals surface area (Å²) in [6.07, 6.45) is 0. The molecule has 0 fully saturated rings. The van der Waals surface area contributed by atoms with Gasteiger partial charge in [-0.25, -0.2) is 15.0 Å². The van der Waals surface area contributed by atoms with E-state index in [9.17, 15) is 0 Å². The number of hydrogen-bond donors (Lipinski definition) is 0. The Balaban J connectivity index is 0.990. The van der Waals surface area contributed by atoms with Gasteiger partial charge in [-0.2, -0.15) is 0 Å². The molecule has 0 bridgehead atoms. The Morgan fingerprint density at radius 2 is 0.879 bits per heavy atom. The Bertz CT molecular complexity index is 4050. The van der Waals surface area contributed by atoms with Gasteiger partial charge in [-0.1, -0.05) is 153 Å². The van der Waals surface area contributed by atoms with Crippen LogP contribution in [0.25, 0.3) is 111 Å². The van der Waals surface area contributed by atoms with E-state index < -0.39 is 5.41 Å². The third kappa shape index (κ3) is 4.56. The Morgan fingerprint density at radius 1 is 0.333 bits per heavy atom. The Morgan fingerprint density at radius 3 is 1.64 bits per heavy atom. The first-order valence-corrected chi connectivity index (χ1v) is 22.7. The van der Waals surface area contributed by atoms with Gasteiger partial charge in [0.2, 0.25) is 0 Å². The van der Waals surface area contributed by atoms with Gasteiger partial charge in [0.25, 0.3) is 0 Å². The van der Waals surface area contributed by atoms with Crippen LogP contribution >= 0.6 is 0 Å². The number of benzene rings is 9. The van der Waals surface area contributed by atoms with Crippen molar-refractivity contribution < 1.29 is 8.83 Å². The van der Waals surface area contributed by atoms with Crippen molar-refractivity contribution in [3.63, 3.8) is 0 Å². The van der Waals surface area contributed by atoms with Crippen molar-refractivity contribution in [3.05, 3.63) is 221 Å². The van der Waals surface area contributed by atoms with Gasteiger partial charge in [-0.15, -0.1) is 0 Å². The molecule has 3 aliphatic rings. The van der Waals surface area contributed by atoms with Gasteiger partial charge in [0.15, 0.2) is 17.5 Å². The van der Waals surface area contributed by atoms with Gasteiger partial charge in [-0.05, 0) is 115 Å².